The average Bonchev–Trinajstić information content (AvgIpc) is 2.80. The highest BCUT2D eigenvalue weighted by atomic mass is 16.5. The monoisotopic (exact) mass is 342 g/mol. The SMILES string of the molecule is CCOC(=O)C1=C(N)OC(C)=C(C(C)=O)[C@@]12C(=O)Nc1ccccc12. The Balaban J connectivity index is 2.41. The van der Waals surface area contributed by atoms with E-state index < -0.39 is 23.1 Å². The van der Waals surface area contributed by atoms with Crippen LogP contribution < -0.4 is 11.1 Å². The first-order valence-electron chi connectivity index (χ1n) is 7.84. The van der Waals surface area contributed by atoms with Crippen LogP contribution in [0.4, 0.5) is 5.69 Å². The van der Waals surface area contributed by atoms with E-state index in [1.807, 2.05) is 0 Å². The van der Waals surface area contributed by atoms with E-state index in [4.69, 9.17) is 15.2 Å². The number of carbonyl (C=O) groups excluding carboxylic acids is 3. The normalized spacial score (nSPS) is 21.8. The van der Waals surface area contributed by atoms with Crippen molar-refractivity contribution in [1.82, 2.24) is 0 Å². The molecule has 3 rings (SSSR count). The molecule has 7 nitrogen and oxygen atoms in total. The number of hydrogen-bond acceptors (Lipinski definition) is 6. The molecule has 1 spiro atoms. The van der Waals surface area contributed by atoms with Gasteiger partial charge in [-0.3, -0.25) is 9.59 Å². The van der Waals surface area contributed by atoms with E-state index >= 15 is 0 Å². The van der Waals surface area contributed by atoms with Crippen LogP contribution in [0.25, 0.3) is 0 Å². The van der Waals surface area contributed by atoms with Crippen LogP contribution in [0.2, 0.25) is 0 Å². The Kier molecular flexibility index (Phi) is 3.87. The van der Waals surface area contributed by atoms with Crippen molar-refractivity contribution in [3.8, 4) is 0 Å². The lowest BCUT2D eigenvalue weighted by Gasteiger charge is -2.35. The molecule has 1 aromatic carbocycles. The Bertz CT molecular complexity index is 868. The zero-order valence-electron chi connectivity index (χ0n) is 14.1. The van der Waals surface area contributed by atoms with Crippen LogP contribution in [-0.4, -0.2) is 24.3 Å². The highest BCUT2D eigenvalue weighted by molar-refractivity contribution is 6.22. The van der Waals surface area contributed by atoms with Crippen LogP contribution in [0.3, 0.4) is 0 Å². The summed E-state index contributed by atoms with van der Waals surface area (Å²) in [6, 6.07) is 6.85. The number of carbonyl (C=O) groups is 3. The molecule has 0 radical (unpaired) electrons. The third-order valence-electron chi connectivity index (χ3n) is 4.36. The molecule has 0 saturated heterocycles. The fourth-order valence-electron chi connectivity index (χ4n) is 3.56. The Labute approximate surface area is 144 Å². The van der Waals surface area contributed by atoms with Crippen LogP contribution in [-0.2, 0) is 29.3 Å². The van der Waals surface area contributed by atoms with Gasteiger partial charge in [-0.1, -0.05) is 18.2 Å². The molecule has 1 atom stereocenters. The molecular formula is C18H18N2O5. The molecule has 1 amide bonds. The summed E-state index contributed by atoms with van der Waals surface area (Å²) in [6.07, 6.45) is 0. The van der Waals surface area contributed by atoms with E-state index in [2.05, 4.69) is 5.32 Å². The summed E-state index contributed by atoms with van der Waals surface area (Å²) in [6.45, 7) is 4.59. The van der Waals surface area contributed by atoms with Gasteiger partial charge in [-0.25, -0.2) is 4.79 Å². The second kappa shape index (κ2) is 5.77. The quantitative estimate of drug-likeness (QED) is 0.806. The molecule has 0 bridgehead atoms. The number of esters is 1. The van der Waals surface area contributed by atoms with Crippen molar-refractivity contribution in [1.29, 1.82) is 0 Å². The Hall–Kier alpha value is -3.09. The number of nitrogens with one attached hydrogen (secondary N) is 1. The van der Waals surface area contributed by atoms with Crippen LogP contribution in [0.1, 0.15) is 26.3 Å². The highest BCUT2D eigenvalue weighted by Crippen LogP contribution is 2.52. The number of ether oxygens (including phenoxy) is 2. The maximum absolute atomic E-state index is 13.1. The maximum Gasteiger partial charge on any atom is 0.341 e. The molecule has 0 aromatic heterocycles. The van der Waals surface area contributed by atoms with Gasteiger partial charge in [0.1, 0.15) is 16.7 Å². The number of nitrogens with two attached hydrogens (primary N) is 1. The first kappa shape index (κ1) is 16.8. The lowest BCUT2D eigenvalue weighted by molar-refractivity contribution is -0.141. The lowest BCUT2D eigenvalue weighted by atomic mass is 9.67. The molecule has 7 heteroatoms. The summed E-state index contributed by atoms with van der Waals surface area (Å²) >= 11 is 0. The van der Waals surface area contributed by atoms with E-state index in [9.17, 15) is 14.4 Å². The van der Waals surface area contributed by atoms with E-state index in [1.54, 1.807) is 38.1 Å². The highest BCUT2D eigenvalue weighted by Gasteiger charge is 2.60. The van der Waals surface area contributed by atoms with Crippen LogP contribution in [0, 0.1) is 0 Å². The van der Waals surface area contributed by atoms with Gasteiger partial charge < -0.3 is 20.5 Å². The largest absolute Gasteiger partial charge is 0.462 e. The number of anilines is 1. The summed E-state index contributed by atoms with van der Waals surface area (Å²) in [4.78, 5) is 38.2. The van der Waals surface area contributed by atoms with Crippen LogP contribution in [0.15, 0.2) is 47.1 Å². The van der Waals surface area contributed by atoms with Crippen molar-refractivity contribution in [3.63, 3.8) is 0 Å². The van der Waals surface area contributed by atoms with Gasteiger partial charge in [0.2, 0.25) is 11.8 Å². The molecule has 0 aliphatic carbocycles. The third-order valence-corrected chi connectivity index (χ3v) is 4.36. The van der Waals surface area contributed by atoms with E-state index in [1.165, 1.54) is 6.92 Å². The number of benzene rings is 1. The molecule has 3 N–H and O–H groups in total. The summed E-state index contributed by atoms with van der Waals surface area (Å²) in [5.74, 6) is -1.78. The fraction of sp³-hybridized carbons (Fsp3) is 0.278. The van der Waals surface area contributed by atoms with Gasteiger partial charge in [0.05, 0.1) is 12.2 Å². The molecular weight excluding hydrogens is 324 g/mol. The van der Waals surface area contributed by atoms with Crippen molar-refractivity contribution >= 4 is 23.3 Å². The summed E-state index contributed by atoms with van der Waals surface area (Å²) in [7, 11) is 0. The van der Waals surface area contributed by atoms with Crippen molar-refractivity contribution in [2.45, 2.75) is 26.2 Å². The Morgan fingerprint density at radius 2 is 1.96 bits per heavy atom. The molecule has 130 valence electrons. The average molecular weight is 342 g/mol. The molecule has 1 aromatic rings. The standard InChI is InChI=1S/C18H18N2O5/c1-4-24-16(22)14-15(19)25-10(3)13(9(2)21)18(14)11-7-5-6-8-12(11)20-17(18)23/h5-8H,4,19H2,1-3H3,(H,20,23)/t18-/m1/s1. The zero-order chi connectivity index (χ0) is 18.4. The first-order valence-corrected chi connectivity index (χ1v) is 7.84. The number of amides is 1. The smallest absolute Gasteiger partial charge is 0.341 e. The van der Waals surface area contributed by atoms with Gasteiger partial charge in [0.25, 0.3) is 0 Å². The molecule has 0 fully saturated rings. The number of rotatable bonds is 3. The van der Waals surface area contributed by atoms with Crippen LogP contribution in [0.5, 0.6) is 0 Å². The van der Waals surface area contributed by atoms with Gasteiger partial charge in [-0.15, -0.1) is 0 Å². The Morgan fingerprint density at radius 1 is 1.28 bits per heavy atom. The van der Waals surface area contributed by atoms with Crippen molar-refractivity contribution in [3.05, 3.63) is 52.6 Å². The van der Waals surface area contributed by atoms with Crippen LogP contribution >= 0.6 is 0 Å². The van der Waals surface area contributed by atoms with E-state index in [-0.39, 0.29) is 29.4 Å². The predicted octanol–water partition coefficient (Wildman–Crippen LogP) is 1.50. The number of ketones is 1. The Morgan fingerprint density at radius 3 is 2.60 bits per heavy atom. The molecule has 2 aliphatic heterocycles. The second-order valence-electron chi connectivity index (χ2n) is 5.80. The first-order chi connectivity index (χ1) is 11.9. The molecule has 25 heavy (non-hydrogen) atoms. The molecule has 0 saturated carbocycles. The van der Waals surface area contributed by atoms with Gasteiger partial charge >= 0.3 is 5.97 Å². The minimum Gasteiger partial charge on any atom is -0.462 e. The lowest BCUT2D eigenvalue weighted by Crippen LogP contribution is -2.47. The summed E-state index contributed by atoms with van der Waals surface area (Å²) in [5.41, 5.74) is 5.17. The fourth-order valence-corrected chi connectivity index (χ4v) is 3.56. The van der Waals surface area contributed by atoms with E-state index in [0.29, 0.717) is 11.3 Å². The van der Waals surface area contributed by atoms with Crippen molar-refractivity contribution in [2.24, 2.45) is 5.73 Å². The number of allylic oxidation sites excluding steroid dienone is 1. The number of para-hydroxylation sites is 1. The number of Topliss-reactive ketones (excluding diaryl/α,β-unsaturated/α-hetero) is 1. The van der Waals surface area contributed by atoms with Crippen molar-refractivity contribution < 1.29 is 23.9 Å². The molecule has 2 aliphatic rings. The maximum atomic E-state index is 13.1. The summed E-state index contributed by atoms with van der Waals surface area (Å²) < 4.78 is 10.5. The molecule has 2 heterocycles. The van der Waals surface area contributed by atoms with Gasteiger partial charge in [-0.05, 0) is 26.8 Å². The van der Waals surface area contributed by atoms with Gasteiger partial charge in [0, 0.05) is 11.3 Å². The van der Waals surface area contributed by atoms with Gasteiger partial charge in [0.15, 0.2) is 5.78 Å². The minimum atomic E-state index is -1.68. The summed E-state index contributed by atoms with van der Waals surface area (Å²) in [5, 5.41) is 2.73. The number of hydrogen-bond donors (Lipinski definition) is 2. The van der Waals surface area contributed by atoms with Crippen molar-refractivity contribution in [2.75, 3.05) is 11.9 Å². The number of fused-ring (bicyclic) bond motifs is 2. The zero-order valence-corrected chi connectivity index (χ0v) is 14.1. The van der Waals surface area contributed by atoms with E-state index in [0.717, 1.165) is 0 Å². The molecule has 0 unspecified atom stereocenters. The predicted molar refractivity (Wildman–Crippen MR) is 89.1 cm³/mol. The topological polar surface area (TPSA) is 108 Å². The second-order valence-corrected chi connectivity index (χ2v) is 5.80. The minimum absolute atomic E-state index is 0.0761. The third kappa shape index (κ3) is 2.15. The van der Waals surface area contributed by atoms with Gasteiger partial charge in [-0.2, -0.15) is 0 Å².